The number of nitrogens with one attached hydrogen (secondary N) is 2. The first-order valence-corrected chi connectivity index (χ1v) is 9.98. The van der Waals surface area contributed by atoms with Crippen molar-refractivity contribution in [3.63, 3.8) is 0 Å². The fraction of sp³-hybridized carbons (Fsp3) is 0.579. The van der Waals surface area contributed by atoms with Crippen LogP contribution in [0, 0.1) is 0 Å². The van der Waals surface area contributed by atoms with Crippen LogP contribution in [0.4, 0.5) is 0 Å². The van der Waals surface area contributed by atoms with E-state index < -0.39 is 11.8 Å². The minimum absolute atomic E-state index is 0.0298. The third-order valence-corrected chi connectivity index (χ3v) is 6.27. The summed E-state index contributed by atoms with van der Waals surface area (Å²) in [6.45, 7) is 2.90. The third kappa shape index (κ3) is 5.46. The molecule has 1 aromatic rings. The molecule has 2 aliphatic rings. The second-order valence-electron chi connectivity index (χ2n) is 6.74. The number of hydrogen-bond donors (Lipinski definition) is 2. The summed E-state index contributed by atoms with van der Waals surface area (Å²) in [7, 11) is 0. The van der Waals surface area contributed by atoms with Crippen molar-refractivity contribution in [3.8, 4) is 0 Å². The van der Waals surface area contributed by atoms with E-state index in [0.29, 0.717) is 26.3 Å². The molecule has 0 saturated carbocycles. The van der Waals surface area contributed by atoms with Crippen LogP contribution in [0.15, 0.2) is 35.2 Å². The van der Waals surface area contributed by atoms with Crippen molar-refractivity contribution < 1.29 is 19.1 Å². The van der Waals surface area contributed by atoms with Gasteiger partial charge >= 0.3 is 11.8 Å². The third-order valence-electron chi connectivity index (χ3n) is 4.77. The molecule has 2 fully saturated rings. The Balaban J connectivity index is 1.51. The van der Waals surface area contributed by atoms with Gasteiger partial charge in [0.15, 0.2) is 0 Å². The van der Waals surface area contributed by atoms with Gasteiger partial charge in [0.2, 0.25) is 0 Å². The van der Waals surface area contributed by atoms with Crippen molar-refractivity contribution in [2.45, 2.75) is 41.4 Å². The van der Waals surface area contributed by atoms with E-state index in [1.54, 1.807) is 11.8 Å². The fourth-order valence-electron chi connectivity index (χ4n) is 3.21. The Morgan fingerprint density at radius 1 is 1.08 bits per heavy atom. The van der Waals surface area contributed by atoms with E-state index in [9.17, 15) is 9.59 Å². The first-order chi connectivity index (χ1) is 12.7. The highest BCUT2D eigenvalue weighted by molar-refractivity contribution is 8.00. The lowest BCUT2D eigenvalue weighted by Gasteiger charge is -2.36. The van der Waals surface area contributed by atoms with Crippen molar-refractivity contribution in [2.24, 2.45) is 0 Å². The molecule has 142 valence electrons. The molecule has 2 heterocycles. The quantitative estimate of drug-likeness (QED) is 0.738. The summed E-state index contributed by atoms with van der Waals surface area (Å²) in [6, 6.07) is 10.1. The molecule has 1 aromatic carbocycles. The summed E-state index contributed by atoms with van der Waals surface area (Å²) in [4.78, 5) is 25.4. The number of thioether (sulfide) groups is 1. The topological polar surface area (TPSA) is 76.7 Å². The number of benzene rings is 1. The number of carbonyl (C=O) groups excluding carboxylic acids is 2. The van der Waals surface area contributed by atoms with E-state index in [0.717, 1.165) is 37.2 Å². The van der Waals surface area contributed by atoms with Crippen molar-refractivity contribution >= 4 is 23.6 Å². The summed E-state index contributed by atoms with van der Waals surface area (Å²) >= 11 is 1.75. The minimum atomic E-state index is -0.590. The van der Waals surface area contributed by atoms with E-state index >= 15 is 0 Å². The summed E-state index contributed by atoms with van der Waals surface area (Å²) in [5, 5.41) is 5.49. The summed E-state index contributed by atoms with van der Waals surface area (Å²) in [5.74, 6) is -1.17. The van der Waals surface area contributed by atoms with Gasteiger partial charge in [0.1, 0.15) is 0 Å². The molecular formula is C19H26N2O4S. The maximum Gasteiger partial charge on any atom is 0.309 e. The lowest BCUT2D eigenvalue weighted by Crippen LogP contribution is -2.49. The summed E-state index contributed by atoms with van der Waals surface area (Å²) in [6.07, 6.45) is 3.64. The van der Waals surface area contributed by atoms with Crippen molar-refractivity contribution in [3.05, 3.63) is 30.3 Å². The lowest BCUT2D eigenvalue weighted by molar-refractivity contribution is -0.139. The van der Waals surface area contributed by atoms with Gasteiger partial charge in [-0.3, -0.25) is 9.59 Å². The van der Waals surface area contributed by atoms with Gasteiger partial charge in [-0.25, -0.2) is 0 Å². The lowest BCUT2D eigenvalue weighted by atomic mass is 9.99. The van der Waals surface area contributed by atoms with Crippen molar-refractivity contribution in [1.29, 1.82) is 0 Å². The Kier molecular flexibility index (Phi) is 6.93. The zero-order valence-corrected chi connectivity index (χ0v) is 15.7. The molecule has 7 heteroatoms. The molecule has 0 bridgehead atoms. The monoisotopic (exact) mass is 378 g/mol. The van der Waals surface area contributed by atoms with Gasteiger partial charge in [-0.2, -0.15) is 0 Å². The number of hydrogen-bond acceptors (Lipinski definition) is 5. The molecule has 0 radical (unpaired) electrons. The maximum atomic E-state index is 12.2. The van der Waals surface area contributed by atoms with E-state index in [1.165, 1.54) is 0 Å². The van der Waals surface area contributed by atoms with E-state index in [4.69, 9.17) is 9.47 Å². The van der Waals surface area contributed by atoms with Crippen LogP contribution >= 0.6 is 11.8 Å². The van der Waals surface area contributed by atoms with Gasteiger partial charge < -0.3 is 20.1 Å². The highest BCUT2D eigenvalue weighted by Gasteiger charge is 2.35. The van der Waals surface area contributed by atoms with Crippen molar-refractivity contribution in [1.82, 2.24) is 10.6 Å². The van der Waals surface area contributed by atoms with Crippen LogP contribution in [0.25, 0.3) is 0 Å². The highest BCUT2D eigenvalue weighted by Crippen LogP contribution is 2.40. The van der Waals surface area contributed by atoms with Gasteiger partial charge in [0, 0.05) is 42.6 Å². The number of carbonyl (C=O) groups is 2. The number of ether oxygens (including phenoxy) is 2. The Hall–Kier alpha value is -1.57. The molecule has 2 amide bonds. The second-order valence-corrected chi connectivity index (χ2v) is 8.28. The first-order valence-electron chi connectivity index (χ1n) is 9.16. The maximum absolute atomic E-state index is 12.2. The molecule has 0 aliphatic carbocycles. The molecule has 1 unspecified atom stereocenters. The summed E-state index contributed by atoms with van der Waals surface area (Å²) < 4.78 is 10.8. The predicted octanol–water partition coefficient (Wildman–Crippen LogP) is 1.74. The molecule has 3 rings (SSSR count). The smallest absolute Gasteiger partial charge is 0.309 e. The van der Waals surface area contributed by atoms with Crippen LogP contribution in [0.3, 0.4) is 0 Å². The summed E-state index contributed by atoms with van der Waals surface area (Å²) in [5.41, 5.74) is 0. The number of rotatable bonds is 6. The Morgan fingerprint density at radius 3 is 2.50 bits per heavy atom. The molecule has 26 heavy (non-hydrogen) atoms. The fourth-order valence-corrected chi connectivity index (χ4v) is 4.52. The van der Waals surface area contributed by atoms with Gasteiger partial charge in [0.05, 0.1) is 6.10 Å². The molecule has 0 aromatic heterocycles. The Labute approximate surface area is 158 Å². The van der Waals surface area contributed by atoms with Gasteiger partial charge in [0.25, 0.3) is 0 Å². The molecule has 6 nitrogen and oxygen atoms in total. The first kappa shape index (κ1) is 19.2. The molecule has 2 saturated heterocycles. The zero-order valence-electron chi connectivity index (χ0n) is 14.9. The zero-order chi connectivity index (χ0) is 18.2. The molecular weight excluding hydrogens is 352 g/mol. The van der Waals surface area contributed by atoms with Crippen LogP contribution in [0.2, 0.25) is 0 Å². The molecule has 0 spiro atoms. The van der Waals surface area contributed by atoms with Crippen molar-refractivity contribution in [2.75, 3.05) is 32.9 Å². The Bertz CT molecular complexity index is 599. The van der Waals surface area contributed by atoms with Crippen LogP contribution in [-0.2, 0) is 19.1 Å². The van der Waals surface area contributed by atoms with Gasteiger partial charge in [-0.1, -0.05) is 18.2 Å². The van der Waals surface area contributed by atoms with Crippen LogP contribution in [-0.4, -0.2) is 55.6 Å². The minimum Gasteiger partial charge on any atom is -0.381 e. The highest BCUT2D eigenvalue weighted by atomic mass is 32.2. The SMILES string of the molecule is O=C(NCC1CCCO1)C(=O)NCC1(Sc2ccccc2)CCOCC1. The van der Waals surface area contributed by atoms with Gasteiger partial charge in [-0.05, 0) is 37.8 Å². The van der Waals surface area contributed by atoms with Gasteiger partial charge in [-0.15, -0.1) is 11.8 Å². The molecule has 1 atom stereocenters. The second kappa shape index (κ2) is 9.39. The van der Waals surface area contributed by atoms with Crippen LogP contribution < -0.4 is 10.6 Å². The average Bonchev–Trinajstić information content (AvgIpc) is 3.19. The van der Waals surface area contributed by atoms with Crippen LogP contribution in [0.5, 0.6) is 0 Å². The largest absolute Gasteiger partial charge is 0.381 e. The predicted molar refractivity (Wildman–Crippen MR) is 100 cm³/mol. The van der Waals surface area contributed by atoms with E-state index in [1.807, 2.05) is 18.2 Å². The molecule has 2 N–H and O–H groups in total. The Morgan fingerprint density at radius 2 is 1.81 bits per heavy atom. The van der Waals surface area contributed by atoms with Crippen LogP contribution in [0.1, 0.15) is 25.7 Å². The van der Waals surface area contributed by atoms with E-state index in [-0.39, 0.29) is 10.9 Å². The average molecular weight is 378 g/mol. The molecule has 2 aliphatic heterocycles. The normalized spacial score (nSPS) is 21.9. The van der Waals surface area contributed by atoms with E-state index in [2.05, 4.69) is 22.8 Å². The standard InChI is InChI=1S/C19H26N2O4S/c22-17(20-13-15-5-4-10-25-15)18(23)21-14-19(8-11-24-12-9-19)26-16-6-2-1-3-7-16/h1-3,6-7,15H,4-5,8-14H2,(H,20,22)(H,21,23). The number of amides is 2.